The van der Waals surface area contributed by atoms with Crippen LogP contribution in [0.2, 0.25) is 5.02 Å². The lowest BCUT2D eigenvalue weighted by Gasteiger charge is -2.12. The summed E-state index contributed by atoms with van der Waals surface area (Å²) in [5.41, 5.74) is 9.44. The first-order chi connectivity index (χ1) is 8.08. The number of hydrogen-bond donors (Lipinski definition) is 1. The molecule has 0 aliphatic carbocycles. The zero-order valence-electron chi connectivity index (χ0n) is 10.0. The normalized spacial score (nSPS) is 12.7. The van der Waals surface area contributed by atoms with E-state index in [-0.39, 0.29) is 6.04 Å². The van der Waals surface area contributed by atoms with Crippen molar-refractivity contribution in [1.29, 1.82) is 0 Å². The zero-order valence-corrected chi connectivity index (χ0v) is 10.8. The van der Waals surface area contributed by atoms with E-state index in [4.69, 9.17) is 21.8 Å². The fraction of sp³-hybridized carbons (Fsp3) is 0.286. The molecule has 1 aromatic carbocycles. The van der Waals surface area contributed by atoms with Crippen LogP contribution in [0.15, 0.2) is 34.9 Å². The third-order valence-corrected chi connectivity index (χ3v) is 3.30. The van der Waals surface area contributed by atoms with E-state index in [1.807, 2.05) is 32.0 Å². The number of nitrogens with two attached hydrogens (primary N) is 1. The van der Waals surface area contributed by atoms with E-state index in [0.29, 0.717) is 0 Å². The Labute approximate surface area is 106 Å². The zero-order chi connectivity index (χ0) is 12.4. The highest BCUT2D eigenvalue weighted by atomic mass is 35.5. The van der Waals surface area contributed by atoms with Crippen LogP contribution in [0.3, 0.4) is 0 Å². The maximum Gasteiger partial charge on any atom is 0.105 e. The van der Waals surface area contributed by atoms with E-state index in [0.717, 1.165) is 33.9 Å². The van der Waals surface area contributed by atoms with Gasteiger partial charge in [0.25, 0.3) is 0 Å². The Bertz CT molecular complexity index is 519. The molecule has 0 spiro atoms. The molecule has 0 aliphatic rings. The lowest BCUT2D eigenvalue weighted by atomic mass is 9.99. The van der Waals surface area contributed by atoms with Crippen LogP contribution in [0.1, 0.15) is 28.5 Å². The number of rotatable bonds is 3. The van der Waals surface area contributed by atoms with Gasteiger partial charge >= 0.3 is 0 Å². The Morgan fingerprint density at radius 3 is 2.65 bits per heavy atom. The molecule has 90 valence electrons. The minimum absolute atomic E-state index is 0.0750. The predicted octanol–water partition coefficient (Wildman–Crippen LogP) is 3.79. The van der Waals surface area contributed by atoms with Gasteiger partial charge in [0, 0.05) is 16.6 Å². The molecule has 0 radical (unpaired) electrons. The molecular formula is C14H16ClNO. The second-order valence-electron chi connectivity index (χ2n) is 4.34. The molecule has 17 heavy (non-hydrogen) atoms. The molecule has 1 heterocycles. The Morgan fingerprint density at radius 1 is 1.29 bits per heavy atom. The maximum atomic E-state index is 6.20. The lowest BCUT2D eigenvalue weighted by Crippen LogP contribution is -2.13. The van der Waals surface area contributed by atoms with Crippen LogP contribution >= 0.6 is 11.6 Å². The van der Waals surface area contributed by atoms with E-state index in [9.17, 15) is 0 Å². The van der Waals surface area contributed by atoms with Gasteiger partial charge in [-0.25, -0.2) is 0 Å². The molecule has 2 aromatic rings. The highest BCUT2D eigenvalue weighted by molar-refractivity contribution is 6.31. The minimum atomic E-state index is -0.0750. The summed E-state index contributed by atoms with van der Waals surface area (Å²) in [4.78, 5) is 0. The molecule has 3 heteroatoms. The second kappa shape index (κ2) is 4.94. The number of halogens is 1. The van der Waals surface area contributed by atoms with Crippen LogP contribution in [0.25, 0.3) is 0 Å². The summed E-state index contributed by atoms with van der Waals surface area (Å²) in [5, 5.41) is 0.779. The van der Waals surface area contributed by atoms with Gasteiger partial charge in [-0.2, -0.15) is 0 Å². The summed E-state index contributed by atoms with van der Waals surface area (Å²) < 4.78 is 5.26. The average Bonchev–Trinajstić information content (AvgIpc) is 2.68. The highest BCUT2D eigenvalue weighted by Gasteiger charge is 2.13. The Morgan fingerprint density at radius 2 is 2.06 bits per heavy atom. The quantitative estimate of drug-likeness (QED) is 0.899. The first-order valence-electron chi connectivity index (χ1n) is 5.62. The smallest absolute Gasteiger partial charge is 0.105 e. The number of furan rings is 1. The third-order valence-electron chi connectivity index (χ3n) is 2.95. The summed E-state index contributed by atoms with van der Waals surface area (Å²) in [6.45, 7) is 3.95. The number of aryl methyl sites for hydroxylation is 2. The largest absolute Gasteiger partial charge is 0.469 e. The van der Waals surface area contributed by atoms with E-state index < -0.39 is 0 Å². The summed E-state index contributed by atoms with van der Waals surface area (Å²) in [5.74, 6) is 0.876. The van der Waals surface area contributed by atoms with Crippen molar-refractivity contribution in [3.63, 3.8) is 0 Å². The highest BCUT2D eigenvalue weighted by Crippen LogP contribution is 2.25. The van der Waals surface area contributed by atoms with Crippen molar-refractivity contribution >= 4 is 11.6 Å². The standard InChI is InChI=1S/C14H16ClNO/c1-9-3-4-11(13(15)7-9)8-14(16)12-5-6-17-10(12)2/h3-7,14H,8,16H2,1-2H3. The maximum absolute atomic E-state index is 6.20. The van der Waals surface area contributed by atoms with Gasteiger partial charge < -0.3 is 10.2 Å². The second-order valence-corrected chi connectivity index (χ2v) is 4.74. The van der Waals surface area contributed by atoms with Crippen LogP contribution in [-0.4, -0.2) is 0 Å². The fourth-order valence-corrected chi connectivity index (χ4v) is 2.26. The fourth-order valence-electron chi connectivity index (χ4n) is 1.94. The number of benzene rings is 1. The van der Waals surface area contributed by atoms with Gasteiger partial charge in [0.2, 0.25) is 0 Å². The molecule has 1 unspecified atom stereocenters. The molecule has 1 aromatic heterocycles. The molecule has 2 N–H and O–H groups in total. The Hall–Kier alpha value is -1.25. The molecule has 0 amide bonds. The van der Waals surface area contributed by atoms with Crippen LogP contribution < -0.4 is 5.73 Å². The van der Waals surface area contributed by atoms with Gasteiger partial charge in [0.15, 0.2) is 0 Å². The summed E-state index contributed by atoms with van der Waals surface area (Å²) in [6.07, 6.45) is 2.39. The molecule has 0 saturated carbocycles. The topological polar surface area (TPSA) is 39.2 Å². The van der Waals surface area contributed by atoms with E-state index in [1.165, 1.54) is 0 Å². The van der Waals surface area contributed by atoms with Gasteiger partial charge in [0.1, 0.15) is 5.76 Å². The predicted molar refractivity (Wildman–Crippen MR) is 70.3 cm³/mol. The van der Waals surface area contributed by atoms with Crippen molar-refractivity contribution in [3.05, 3.63) is 58.0 Å². The molecule has 0 saturated heterocycles. The van der Waals surface area contributed by atoms with Crippen molar-refractivity contribution in [2.75, 3.05) is 0 Å². The third kappa shape index (κ3) is 2.71. The minimum Gasteiger partial charge on any atom is -0.469 e. The molecule has 2 rings (SSSR count). The summed E-state index contributed by atoms with van der Waals surface area (Å²) >= 11 is 6.20. The van der Waals surface area contributed by atoms with Crippen molar-refractivity contribution in [3.8, 4) is 0 Å². The SMILES string of the molecule is Cc1ccc(CC(N)c2ccoc2C)c(Cl)c1. The first kappa shape index (κ1) is 12.2. The lowest BCUT2D eigenvalue weighted by molar-refractivity contribution is 0.524. The van der Waals surface area contributed by atoms with E-state index >= 15 is 0 Å². The monoisotopic (exact) mass is 249 g/mol. The van der Waals surface area contributed by atoms with E-state index in [2.05, 4.69) is 6.07 Å². The summed E-state index contributed by atoms with van der Waals surface area (Å²) in [7, 11) is 0. The van der Waals surface area contributed by atoms with Gasteiger partial charge in [-0.05, 0) is 43.5 Å². The van der Waals surface area contributed by atoms with Crippen LogP contribution in [0, 0.1) is 13.8 Å². The number of hydrogen-bond acceptors (Lipinski definition) is 2. The molecular weight excluding hydrogens is 234 g/mol. The first-order valence-corrected chi connectivity index (χ1v) is 6.00. The van der Waals surface area contributed by atoms with Crippen molar-refractivity contribution in [1.82, 2.24) is 0 Å². The van der Waals surface area contributed by atoms with Gasteiger partial charge in [-0.3, -0.25) is 0 Å². The van der Waals surface area contributed by atoms with Gasteiger partial charge in [-0.1, -0.05) is 23.7 Å². The van der Waals surface area contributed by atoms with Crippen molar-refractivity contribution < 1.29 is 4.42 Å². The molecule has 2 nitrogen and oxygen atoms in total. The van der Waals surface area contributed by atoms with Crippen LogP contribution in [-0.2, 0) is 6.42 Å². The molecule has 1 atom stereocenters. The van der Waals surface area contributed by atoms with Gasteiger partial charge in [0.05, 0.1) is 6.26 Å². The average molecular weight is 250 g/mol. The molecule has 0 aliphatic heterocycles. The van der Waals surface area contributed by atoms with Crippen molar-refractivity contribution in [2.45, 2.75) is 26.3 Å². The van der Waals surface area contributed by atoms with Crippen molar-refractivity contribution in [2.24, 2.45) is 5.73 Å². The van der Waals surface area contributed by atoms with Crippen LogP contribution in [0.4, 0.5) is 0 Å². The van der Waals surface area contributed by atoms with E-state index in [1.54, 1.807) is 6.26 Å². The Balaban J connectivity index is 2.19. The van der Waals surface area contributed by atoms with Gasteiger partial charge in [-0.15, -0.1) is 0 Å². The molecule has 0 bridgehead atoms. The van der Waals surface area contributed by atoms with Crippen LogP contribution in [0.5, 0.6) is 0 Å². The summed E-state index contributed by atoms with van der Waals surface area (Å²) in [6, 6.07) is 7.89. The Kier molecular flexibility index (Phi) is 3.55. The molecule has 0 fully saturated rings.